The molecule has 1 saturated heterocycles. The van der Waals surface area contributed by atoms with Gasteiger partial charge in [0.15, 0.2) is 5.78 Å². The second-order valence-corrected chi connectivity index (χ2v) is 7.25. The molecule has 1 fully saturated rings. The highest BCUT2D eigenvalue weighted by Gasteiger charge is 2.49. The van der Waals surface area contributed by atoms with Crippen LogP contribution in [0.1, 0.15) is 31.7 Å². The van der Waals surface area contributed by atoms with Crippen molar-refractivity contribution in [1.82, 2.24) is 0 Å². The van der Waals surface area contributed by atoms with E-state index in [2.05, 4.69) is 6.07 Å². The number of Topliss-reactive ketones (excluding diaryl/α,β-unsaturated/α-hetero) is 1. The number of benzene rings is 1. The van der Waals surface area contributed by atoms with Crippen LogP contribution in [-0.4, -0.2) is 43.6 Å². The van der Waals surface area contributed by atoms with Crippen molar-refractivity contribution < 1.29 is 24.3 Å². The van der Waals surface area contributed by atoms with Gasteiger partial charge in [-0.15, -0.1) is 0 Å². The minimum absolute atomic E-state index is 0.00914. The fourth-order valence-electron chi connectivity index (χ4n) is 4.43. The lowest BCUT2D eigenvalue weighted by atomic mass is 9.72. The zero-order valence-corrected chi connectivity index (χ0v) is 14.9. The van der Waals surface area contributed by atoms with E-state index in [1.165, 1.54) is 10.5 Å². The molecule has 0 aromatic heterocycles. The number of hydrogen-bond donors (Lipinski definition) is 2. The lowest BCUT2D eigenvalue weighted by Crippen LogP contribution is -3.13. The van der Waals surface area contributed by atoms with Gasteiger partial charge < -0.3 is 14.7 Å². The van der Waals surface area contributed by atoms with Gasteiger partial charge in [-0.2, -0.15) is 0 Å². The van der Waals surface area contributed by atoms with Crippen molar-refractivity contribution >= 4 is 11.8 Å². The van der Waals surface area contributed by atoms with E-state index < -0.39 is 11.4 Å². The molecule has 1 aromatic rings. The Hall–Kier alpha value is -2.14. The van der Waals surface area contributed by atoms with Crippen LogP contribution < -0.4 is 9.64 Å². The Labute approximate surface area is 148 Å². The molecule has 25 heavy (non-hydrogen) atoms. The second kappa shape index (κ2) is 7.00. The molecule has 0 atom stereocenters. The van der Waals surface area contributed by atoms with Gasteiger partial charge in [0.2, 0.25) is 0 Å². The smallest absolute Gasteiger partial charge is 0.332 e. The summed E-state index contributed by atoms with van der Waals surface area (Å²) in [6.07, 6.45) is 2.87. The molecule has 0 radical (unpaired) electrons. The summed E-state index contributed by atoms with van der Waals surface area (Å²) in [6, 6.07) is 8.06. The van der Waals surface area contributed by atoms with Gasteiger partial charge in [0, 0.05) is 36.7 Å². The van der Waals surface area contributed by atoms with Crippen molar-refractivity contribution in [1.29, 1.82) is 0 Å². The Balaban J connectivity index is 1.63. The SMILES string of the molecule is COc1ccccc1CC[NH+]1CCC2(CC1)CC(=O)C(C)=C2C(=O)O. The highest BCUT2D eigenvalue weighted by atomic mass is 16.5. The molecular weight excluding hydrogens is 318 g/mol. The Kier molecular flexibility index (Phi) is 4.95. The van der Waals surface area contributed by atoms with E-state index in [9.17, 15) is 14.7 Å². The molecule has 5 heteroatoms. The maximum absolute atomic E-state index is 12.1. The van der Waals surface area contributed by atoms with Crippen LogP contribution in [0.4, 0.5) is 0 Å². The Morgan fingerprint density at radius 1 is 1.28 bits per heavy atom. The number of carboxylic acid groups (broad SMARTS) is 1. The number of rotatable bonds is 5. The Morgan fingerprint density at radius 3 is 2.60 bits per heavy atom. The van der Waals surface area contributed by atoms with Gasteiger partial charge in [-0.1, -0.05) is 18.2 Å². The third-order valence-corrected chi connectivity index (χ3v) is 5.89. The molecule has 2 N–H and O–H groups in total. The first-order valence-corrected chi connectivity index (χ1v) is 8.90. The van der Waals surface area contributed by atoms with E-state index in [0.29, 0.717) is 17.6 Å². The summed E-state index contributed by atoms with van der Waals surface area (Å²) >= 11 is 0. The van der Waals surface area contributed by atoms with Crippen LogP contribution in [0.2, 0.25) is 0 Å². The number of carbonyl (C=O) groups excluding carboxylic acids is 1. The molecule has 1 spiro atoms. The average Bonchev–Trinajstić information content (AvgIpc) is 2.85. The summed E-state index contributed by atoms with van der Waals surface area (Å²) in [7, 11) is 1.69. The molecular formula is C20H26NO4+. The third kappa shape index (κ3) is 3.33. The fraction of sp³-hybridized carbons (Fsp3) is 0.500. The average molecular weight is 344 g/mol. The number of ketones is 1. The molecule has 0 amide bonds. The summed E-state index contributed by atoms with van der Waals surface area (Å²) in [5, 5.41) is 9.56. The van der Waals surface area contributed by atoms with Crippen molar-refractivity contribution in [3.63, 3.8) is 0 Å². The number of allylic oxidation sites excluding steroid dienone is 1. The molecule has 0 saturated carbocycles. The van der Waals surface area contributed by atoms with Gasteiger partial charge in [-0.25, -0.2) is 4.79 Å². The maximum Gasteiger partial charge on any atom is 0.332 e. The standard InChI is InChI=1S/C20H25NO4/c1-14-16(22)13-20(18(14)19(23)24)8-11-21(12-9-20)10-7-15-5-3-4-6-17(15)25-2/h3-6H,7-13H2,1-2H3,(H,23,24)/p+1. The van der Waals surface area contributed by atoms with Crippen LogP contribution in [0.3, 0.4) is 0 Å². The molecule has 1 heterocycles. The van der Waals surface area contributed by atoms with E-state index in [-0.39, 0.29) is 5.78 Å². The highest BCUT2D eigenvalue weighted by molar-refractivity contribution is 6.08. The molecule has 0 bridgehead atoms. The molecule has 1 aliphatic carbocycles. The maximum atomic E-state index is 12.1. The van der Waals surface area contributed by atoms with Crippen LogP contribution in [0.25, 0.3) is 0 Å². The summed E-state index contributed by atoms with van der Waals surface area (Å²) < 4.78 is 5.41. The fourth-order valence-corrected chi connectivity index (χ4v) is 4.43. The Bertz CT molecular complexity index is 714. The van der Waals surface area contributed by atoms with Gasteiger partial charge in [0.25, 0.3) is 0 Å². The van der Waals surface area contributed by atoms with Gasteiger partial charge in [0.05, 0.1) is 32.3 Å². The normalized spacial score (nSPS) is 26.3. The number of carboxylic acids is 1. The van der Waals surface area contributed by atoms with Crippen LogP contribution in [0, 0.1) is 5.41 Å². The van der Waals surface area contributed by atoms with Crippen LogP contribution in [-0.2, 0) is 16.0 Å². The predicted molar refractivity (Wildman–Crippen MR) is 93.9 cm³/mol. The minimum Gasteiger partial charge on any atom is -0.496 e. The van der Waals surface area contributed by atoms with E-state index in [0.717, 1.165) is 44.6 Å². The summed E-state index contributed by atoms with van der Waals surface area (Å²) in [6.45, 7) is 4.48. The largest absolute Gasteiger partial charge is 0.496 e. The summed E-state index contributed by atoms with van der Waals surface area (Å²) in [4.78, 5) is 25.2. The molecule has 5 nitrogen and oxygen atoms in total. The zero-order chi connectivity index (χ0) is 18.0. The number of aliphatic carboxylic acids is 1. The van der Waals surface area contributed by atoms with Gasteiger partial charge >= 0.3 is 5.97 Å². The molecule has 134 valence electrons. The Morgan fingerprint density at radius 2 is 1.96 bits per heavy atom. The topological polar surface area (TPSA) is 68.0 Å². The first-order valence-electron chi connectivity index (χ1n) is 8.90. The second-order valence-electron chi connectivity index (χ2n) is 7.25. The number of hydrogen-bond acceptors (Lipinski definition) is 3. The quantitative estimate of drug-likeness (QED) is 0.844. The predicted octanol–water partition coefficient (Wildman–Crippen LogP) is 1.28. The monoisotopic (exact) mass is 344 g/mol. The number of quaternary nitrogens is 1. The van der Waals surface area contributed by atoms with E-state index in [1.807, 2.05) is 18.2 Å². The number of likely N-dealkylation sites (tertiary alicyclic amines) is 1. The van der Waals surface area contributed by atoms with Gasteiger partial charge in [-0.3, -0.25) is 4.79 Å². The van der Waals surface area contributed by atoms with Crippen molar-refractivity contribution in [3.8, 4) is 5.75 Å². The zero-order valence-electron chi connectivity index (χ0n) is 14.9. The van der Waals surface area contributed by atoms with Crippen LogP contribution >= 0.6 is 0 Å². The molecule has 1 aromatic carbocycles. The molecule has 2 aliphatic rings. The van der Waals surface area contributed by atoms with E-state index >= 15 is 0 Å². The van der Waals surface area contributed by atoms with Crippen LogP contribution in [0.5, 0.6) is 5.75 Å². The van der Waals surface area contributed by atoms with Crippen molar-refractivity contribution in [2.24, 2.45) is 5.41 Å². The number of para-hydroxylation sites is 1. The number of nitrogens with one attached hydrogen (secondary N) is 1. The first-order chi connectivity index (χ1) is 12.0. The minimum atomic E-state index is -0.916. The molecule has 0 unspecified atom stereocenters. The lowest BCUT2D eigenvalue weighted by Gasteiger charge is -2.37. The number of ether oxygens (including phenoxy) is 1. The molecule has 1 aliphatic heterocycles. The van der Waals surface area contributed by atoms with Crippen molar-refractivity contribution in [3.05, 3.63) is 41.0 Å². The number of carbonyl (C=O) groups is 2. The summed E-state index contributed by atoms with van der Waals surface area (Å²) in [5.74, 6) is 0.0131. The third-order valence-electron chi connectivity index (χ3n) is 5.89. The number of piperidine rings is 1. The summed E-state index contributed by atoms with van der Waals surface area (Å²) in [5.41, 5.74) is 1.61. The van der Waals surface area contributed by atoms with Crippen molar-refractivity contribution in [2.45, 2.75) is 32.6 Å². The molecule has 3 rings (SSSR count). The van der Waals surface area contributed by atoms with Crippen LogP contribution in [0.15, 0.2) is 35.4 Å². The highest BCUT2D eigenvalue weighted by Crippen LogP contribution is 2.46. The van der Waals surface area contributed by atoms with Gasteiger partial charge in [-0.05, 0) is 18.6 Å². The van der Waals surface area contributed by atoms with E-state index in [4.69, 9.17) is 4.74 Å². The van der Waals surface area contributed by atoms with Crippen molar-refractivity contribution in [2.75, 3.05) is 26.7 Å². The number of methoxy groups -OCH3 is 1. The van der Waals surface area contributed by atoms with Gasteiger partial charge in [0.1, 0.15) is 5.75 Å². The van der Waals surface area contributed by atoms with E-state index in [1.54, 1.807) is 14.0 Å². The first kappa shape index (κ1) is 17.7. The lowest BCUT2D eigenvalue weighted by molar-refractivity contribution is -0.907.